The summed E-state index contributed by atoms with van der Waals surface area (Å²) in [5.41, 5.74) is 3.03. The number of aromatic hydroxyl groups is 1. The average molecular weight is 646 g/mol. The summed E-state index contributed by atoms with van der Waals surface area (Å²) in [5, 5.41) is 18.8. The van der Waals surface area contributed by atoms with Crippen LogP contribution in [0, 0.1) is 5.82 Å². The number of nitrogens with zero attached hydrogens (tertiary/aromatic N) is 3. The van der Waals surface area contributed by atoms with Crippen molar-refractivity contribution in [3.05, 3.63) is 87.8 Å². The van der Waals surface area contributed by atoms with Crippen LogP contribution in [0.5, 0.6) is 17.4 Å². The van der Waals surface area contributed by atoms with Gasteiger partial charge >= 0.3 is 0 Å². The SMILES string of the molecule is CN(C)Cc1cc(O)ccc1-c1cccc(Oc2ncc(F)cc2C(=O)NC2CCC(NC(=O)c3csc(C(C)(C)C)n3)CC2)c1. The fourth-order valence-corrected chi connectivity index (χ4v) is 6.36. The third-order valence-electron chi connectivity index (χ3n) is 7.77. The number of phenolic OH excluding ortho intramolecular Hbond substituents is 1. The van der Waals surface area contributed by atoms with Crippen LogP contribution in [-0.4, -0.2) is 58.0 Å². The molecular formula is C35H40FN5O4S. The van der Waals surface area contributed by atoms with Crippen molar-refractivity contribution in [2.45, 2.75) is 70.5 Å². The quantitative estimate of drug-likeness (QED) is 0.186. The minimum Gasteiger partial charge on any atom is -0.508 e. The second-order valence-electron chi connectivity index (χ2n) is 13.0. The van der Waals surface area contributed by atoms with E-state index in [1.54, 1.807) is 23.6 Å². The molecular weight excluding hydrogens is 605 g/mol. The average Bonchev–Trinajstić information content (AvgIpc) is 3.51. The molecule has 5 rings (SSSR count). The monoisotopic (exact) mass is 645 g/mol. The number of halogens is 1. The van der Waals surface area contributed by atoms with Crippen molar-refractivity contribution in [1.82, 2.24) is 25.5 Å². The number of carbonyl (C=O) groups is 2. The summed E-state index contributed by atoms with van der Waals surface area (Å²) in [4.78, 5) is 36.8. The highest BCUT2D eigenvalue weighted by molar-refractivity contribution is 7.10. The Kier molecular flexibility index (Phi) is 10.0. The highest BCUT2D eigenvalue weighted by Crippen LogP contribution is 2.33. The molecule has 11 heteroatoms. The predicted molar refractivity (Wildman–Crippen MR) is 177 cm³/mol. The number of benzene rings is 2. The van der Waals surface area contributed by atoms with Gasteiger partial charge in [-0.2, -0.15) is 0 Å². The standard InChI is InChI=1S/C35H40FN5O4S/c1-35(2,3)34-40-30(20-46-34)32(44)39-25-11-9-24(10-12-25)38-31(43)29-17-23(36)18-37-33(29)45-27-8-6-7-21(16-27)28-14-13-26(42)15-22(28)19-41(4)5/h6-8,13-18,20,24-25,42H,9-12,19H2,1-5H3,(H,38,43)(H,39,44). The van der Waals surface area contributed by atoms with Crippen molar-refractivity contribution < 1.29 is 23.8 Å². The van der Waals surface area contributed by atoms with Gasteiger partial charge in [0.05, 0.1) is 11.2 Å². The Bertz CT molecular complexity index is 1710. The number of thiazole rings is 1. The lowest BCUT2D eigenvalue weighted by Crippen LogP contribution is -2.44. The molecule has 46 heavy (non-hydrogen) atoms. The van der Waals surface area contributed by atoms with Gasteiger partial charge < -0.3 is 25.4 Å². The molecule has 1 fully saturated rings. The zero-order chi connectivity index (χ0) is 33.0. The van der Waals surface area contributed by atoms with Gasteiger partial charge in [0.2, 0.25) is 5.88 Å². The van der Waals surface area contributed by atoms with Crippen molar-refractivity contribution in [3.63, 3.8) is 0 Å². The minimum atomic E-state index is -0.647. The summed E-state index contributed by atoms with van der Waals surface area (Å²) in [6, 6.07) is 13.5. The van der Waals surface area contributed by atoms with Gasteiger partial charge in [0, 0.05) is 29.4 Å². The number of hydrogen-bond acceptors (Lipinski definition) is 8. The maximum atomic E-state index is 14.3. The summed E-state index contributed by atoms with van der Waals surface area (Å²) in [5.74, 6) is -0.700. The van der Waals surface area contributed by atoms with E-state index in [-0.39, 0.29) is 40.6 Å². The van der Waals surface area contributed by atoms with Gasteiger partial charge in [-0.15, -0.1) is 11.3 Å². The fourth-order valence-electron chi connectivity index (χ4n) is 5.47. The molecule has 0 aliphatic heterocycles. The molecule has 0 saturated heterocycles. The van der Waals surface area contributed by atoms with E-state index in [0.717, 1.165) is 34.0 Å². The molecule has 0 atom stereocenters. The van der Waals surface area contributed by atoms with Gasteiger partial charge in [-0.1, -0.05) is 39.0 Å². The molecule has 242 valence electrons. The number of nitrogens with one attached hydrogen (secondary N) is 2. The molecule has 1 aliphatic carbocycles. The lowest BCUT2D eigenvalue weighted by atomic mass is 9.91. The van der Waals surface area contributed by atoms with Crippen LogP contribution >= 0.6 is 11.3 Å². The highest BCUT2D eigenvalue weighted by Gasteiger charge is 2.27. The number of pyridine rings is 1. The van der Waals surface area contributed by atoms with E-state index in [4.69, 9.17) is 4.74 Å². The Morgan fingerprint density at radius 3 is 2.37 bits per heavy atom. The van der Waals surface area contributed by atoms with Gasteiger partial charge in [0.1, 0.15) is 28.6 Å². The van der Waals surface area contributed by atoms with E-state index in [2.05, 4.69) is 41.4 Å². The van der Waals surface area contributed by atoms with Crippen molar-refractivity contribution in [3.8, 4) is 28.5 Å². The largest absolute Gasteiger partial charge is 0.508 e. The van der Waals surface area contributed by atoms with Gasteiger partial charge in [-0.05, 0) is 86.8 Å². The Balaban J connectivity index is 1.23. The van der Waals surface area contributed by atoms with Gasteiger partial charge in [-0.3, -0.25) is 9.59 Å². The molecule has 1 saturated carbocycles. The second-order valence-corrected chi connectivity index (χ2v) is 13.9. The first-order chi connectivity index (χ1) is 21.9. The summed E-state index contributed by atoms with van der Waals surface area (Å²) in [6.07, 6.45) is 3.72. The van der Waals surface area contributed by atoms with Crippen LogP contribution in [0.1, 0.15) is 77.9 Å². The summed E-state index contributed by atoms with van der Waals surface area (Å²) in [6.45, 7) is 6.82. The Morgan fingerprint density at radius 1 is 1.02 bits per heavy atom. The van der Waals surface area contributed by atoms with Crippen LogP contribution in [0.4, 0.5) is 4.39 Å². The zero-order valence-corrected chi connectivity index (χ0v) is 27.6. The Labute approximate surface area is 272 Å². The van der Waals surface area contributed by atoms with Crippen molar-refractivity contribution >= 4 is 23.2 Å². The van der Waals surface area contributed by atoms with Gasteiger partial charge in [0.15, 0.2) is 0 Å². The maximum absolute atomic E-state index is 14.3. The lowest BCUT2D eigenvalue weighted by Gasteiger charge is -2.29. The van der Waals surface area contributed by atoms with E-state index >= 15 is 0 Å². The summed E-state index contributed by atoms with van der Waals surface area (Å²) >= 11 is 1.49. The number of phenols is 1. The topological polar surface area (TPSA) is 117 Å². The van der Waals surface area contributed by atoms with Gasteiger partial charge in [-0.25, -0.2) is 14.4 Å². The molecule has 0 radical (unpaired) electrons. The molecule has 0 bridgehead atoms. The molecule has 4 aromatic rings. The number of amides is 2. The van der Waals surface area contributed by atoms with Crippen molar-refractivity contribution in [2.75, 3.05) is 14.1 Å². The van der Waals surface area contributed by atoms with E-state index in [1.165, 1.54) is 11.3 Å². The molecule has 0 unspecified atom stereocenters. The summed E-state index contributed by atoms with van der Waals surface area (Å²) in [7, 11) is 3.91. The number of rotatable bonds is 9. The van der Waals surface area contributed by atoms with Crippen molar-refractivity contribution in [1.29, 1.82) is 0 Å². The zero-order valence-electron chi connectivity index (χ0n) is 26.8. The summed E-state index contributed by atoms with van der Waals surface area (Å²) < 4.78 is 20.4. The molecule has 2 aromatic heterocycles. The molecule has 3 N–H and O–H groups in total. The second kappa shape index (κ2) is 14.0. The highest BCUT2D eigenvalue weighted by atomic mass is 32.1. The first kappa shape index (κ1) is 33.0. The maximum Gasteiger partial charge on any atom is 0.270 e. The van der Waals surface area contributed by atoms with Crippen LogP contribution in [0.2, 0.25) is 0 Å². The predicted octanol–water partition coefficient (Wildman–Crippen LogP) is 6.67. The van der Waals surface area contributed by atoms with E-state index < -0.39 is 11.7 Å². The smallest absolute Gasteiger partial charge is 0.270 e. The molecule has 2 heterocycles. The van der Waals surface area contributed by atoms with Crippen LogP contribution in [0.25, 0.3) is 11.1 Å². The van der Waals surface area contributed by atoms with Crippen LogP contribution in [-0.2, 0) is 12.0 Å². The van der Waals surface area contributed by atoms with Crippen LogP contribution in [0.3, 0.4) is 0 Å². The first-order valence-corrected chi connectivity index (χ1v) is 16.2. The molecule has 2 aromatic carbocycles. The molecule has 0 spiro atoms. The Hall–Kier alpha value is -4.35. The number of ether oxygens (including phenoxy) is 1. The fraction of sp³-hybridized carbons (Fsp3) is 0.371. The molecule has 9 nitrogen and oxygen atoms in total. The Morgan fingerprint density at radius 2 is 1.72 bits per heavy atom. The third kappa shape index (κ3) is 8.27. The van der Waals surface area contributed by atoms with E-state index in [0.29, 0.717) is 43.7 Å². The lowest BCUT2D eigenvalue weighted by molar-refractivity contribution is 0.0887. The number of carbonyl (C=O) groups excluding carboxylic acids is 2. The van der Waals surface area contributed by atoms with E-state index in [1.807, 2.05) is 43.3 Å². The van der Waals surface area contributed by atoms with Crippen LogP contribution < -0.4 is 15.4 Å². The molecule has 2 amide bonds. The minimum absolute atomic E-state index is 0.00283. The van der Waals surface area contributed by atoms with Gasteiger partial charge in [0.25, 0.3) is 11.8 Å². The first-order valence-electron chi connectivity index (χ1n) is 15.3. The number of hydrogen-bond donors (Lipinski definition) is 3. The van der Waals surface area contributed by atoms with Crippen molar-refractivity contribution in [2.24, 2.45) is 0 Å². The van der Waals surface area contributed by atoms with Crippen LogP contribution in [0.15, 0.2) is 60.1 Å². The molecule has 1 aliphatic rings. The third-order valence-corrected chi connectivity index (χ3v) is 9.04. The number of aromatic nitrogens is 2. The normalized spacial score (nSPS) is 16.7. The van der Waals surface area contributed by atoms with E-state index in [9.17, 15) is 19.1 Å².